The molecule has 0 spiro atoms. The number of halogens is 1. The van der Waals surface area contributed by atoms with Crippen molar-refractivity contribution in [1.29, 1.82) is 0 Å². The minimum atomic E-state index is -0.0408. The molecule has 98 valence electrons. The summed E-state index contributed by atoms with van der Waals surface area (Å²) in [5.74, 6) is 1.50. The molecule has 1 aliphatic rings. The summed E-state index contributed by atoms with van der Waals surface area (Å²) in [6, 6.07) is 10.00. The van der Waals surface area contributed by atoms with Gasteiger partial charge in [-0.1, -0.05) is 30.3 Å². The molecule has 0 radical (unpaired) electrons. The number of likely N-dealkylation sites (tertiary alicyclic amines) is 1. The number of hydrogen-bond donors (Lipinski definition) is 0. The predicted molar refractivity (Wildman–Crippen MR) is 74.9 cm³/mol. The number of benzene rings is 1. The smallest absolute Gasteiger partial charge is 0.229 e. The Morgan fingerprint density at radius 3 is 2.83 bits per heavy atom. The number of hydrogen-bond acceptors (Lipinski definition) is 1. The Balaban J connectivity index is 1.96. The van der Waals surface area contributed by atoms with Gasteiger partial charge >= 0.3 is 0 Å². The summed E-state index contributed by atoms with van der Waals surface area (Å²) in [5.41, 5.74) is 1.10. The molecule has 1 aromatic carbocycles. The van der Waals surface area contributed by atoms with Gasteiger partial charge in [-0.05, 0) is 31.2 Å². The third-order valence-electron chi connectivity index (χ3n) is 3.78. The van der Waals surface area contributed by atoms with E-state index in [4.69, 9.17) is 11.6 Å². The first-order valence-corrected chi connectivity index (χ1v) is 7.15. The molecule has 1 amide bonds. The van der Waals surface area contributed by atoms with E-state index in [2.05, 4.69) is 0 Å². The van der Waals surface area contributed by atoms with Crippen LogP contribution in [0.4, 0.5) is 0 Å². The minimum Gasteiger partial charge on any atom is -0.342 e. The molecule has 2 nitrogen and oxygen atoms in total. The van der Waals surface area contributed by atoms with E-state index in [-0.39, 0.29) is 11.8 Å². The van der Waals surface area contributed by atoms with Crippen molar-refractivity contribution in [2.24, 2.45) is 5.92 Å². The van der Waals surface area contributed by atoms with Crippen molar-refractivity contribution < 1.29 is 4.79 Å². The fourth-order valence-corrected chi connectivity index (χ4v) is 2.89. The van der Waals surface area contributed by atoms with Crippen LogP contribution in [0.1, 0.15) is 31.2 Å². The fraction of sp³-hybridized carbons (Fsp3) is 0.533. The second-order valence-electron chi connectivity index (χ2n) is 5.05. The topological polar surface area (TPSA) is 20.3 Å². The fourth-order valence-electron chi connectivity index (χ4n) is 2.58. The van der Waals surface area contributed by atoms with Crippen molar-refractivity contribution in [3.8, 4) is 0 Å². The van der Waals surface area contributed by atoms with Crippen LogP contribution in [0.25, 0.3) is 0 Å². The lowest BCUT2D eigenvalue weighted by molar-refractivity contribution is -0.131. The van der Waals surface area contributed by atoms with Gasteiger partial charge in [0.05, 0.1) is 5.92 Å². The molecule has 1 heterocycles. The Hall–Kier alpha value is -1.02. The average molecular weight is 266 g/mol. The van der Waals surface area contributed by atoms with Crippen LogP contribution in [0.3, 0.4) is 0 Å². The van der Waals surface area contributed by atoms with Gasteiger partial charge in [-0.15, -0.1) is 11.6 Å². The predicted octanol–water partition coefficient (Wildman–Crippen LogP) is 3.27. The second-order valence-corrected chi connectivity index (χ2v) is 5.43. The molecular weight excluding hydrogens is 246 g/mol. The van der Waals surface area contributed by atoms with Crippen LogP contribution in [0.15, 0.2) is 30.3 Å². The van der Waals surface area contributed by atoms with Crippen molar-refractivity contribution in [3.05, 3.63) is 35.9 Å². The van der Waals surface area contributed by atoms with Crippen LogP contribution in [0.5, 0.6) is 0 Å². The molecule has 3 heteroatoms. The van der Waals surface area contributed by atoms with Gasteiger partial charge in [0.2, 0.25) is 5.91 Å². The molecule has 1 aliphatic heterocycles. The SMILES string of the molecule is CC(C(=O)N1CCC(CCCl)C1)c1ccccc1. The molecule has 1 saturated heterocycles. The number of nitrogens with zero attached hydrogens (tertiary/aromatic N) is 1. The van der Waals surface area contributed by atoms with Gasteiger partial charge in [0, 0.05) is 19.0 Å². The van der Waals surface area contributed by atoms with Crippen LogP contribution < -0.4 is 0 Å². The molecule has 2 unspecified atom stereocenters. The first-order valence-electron chi connectivity index (χ1n) is 6.62. The van der Waals surface area contributed by atoms with Crippen molar-refractivity contribution in [3.63, 3.8) is 0 Å². The quantitative estimate of drug-likeness (QED) is 0.765. The highest BCUT2D eigenvalue weighted by molar-refractivity contribution is 6.17. The van der Waals surface area contributed by atoms with E-state index in [0.717, 1.165) is 31.5 Å². The first kappa shape index (κ1) is 13.4. The van der Waals surface area contributed by atoms with Gasteiger partial charge < -0.3 is 4.90 Å². The lowest BCUT2D eigenvalue weighted by atomic mass is 10.00. The third kappa shape index (κ3) is 3.05. The Labute approximate surface area is 114 Å². The summed E-state index contributed by atoms with van der Waals surface area (Å²) in [6.07, 6.45) is 2.12. The number of rotatable bonds is 4. The molecule has 0 aliphatic carbocycles. The third-order valence-corrected chi connectivity index (χ3v) is 4.00. The summed E-state index contributed by atoms with van der Waals surface area (Å²) in [6.45, 7) is 3.76. The molecule has 2 atom stereocenters. The van der Waals surface area contributed by atoms with E-state index in [9.17, 15) is 4.79 Å². The summed E-state index contributed by atoms with van der Waals surface area (Å²) in [4.78, 5) is 14.4. The average Bonchev–Trinajstić information content (AvgIpc) is 2.87. The monoisotopic (exact) mass is 265 g/mol. The van der Waals surface area contributed by atoms with Crippen molar-refractivity contribution in [2.75, 3.05) is 19.0 Å². The maximum atomic E-state index is 12.4. The lowest BCUT2D eigenvalue weighted by Gasteiger charge is -2.21. The van der Waals surface area contributed by atoms with Gasteiger partial charge in [-0.3, -0.25) is 4.79 Å². The Morgan fingerprint density at radius 2 is 2.17 bits per heavy atom. The number of alkyl halides is 1. The van der Waals surface area contributed by atoms with Crippen LogP contribution in [0.2, 0.25) is 0 Å². The van der Waals surface area contributed by atoms with Gasteiger partial charge in [0.15, 0.2) is 0 Å². The van der Waals surface area contributed by atoms with Crippen molar-refractivity contribution >= 4 is 17.5 Å². The number of amides is 1. The molecule has 0 bridgehead atoms. The van der Waals surface area contributed by atoms with Crippen LogP contribution in [-0.2, 0) is 4.79 Å². The van der Waals surface area contributed by atoms with E-state index < -0.39 is 0 Å². The second kappa shape index (κ2) is 6.24. The lowest BCUT2D eigenvalue weighted by Crippen LogP contribution is -2.32. The van der Waals surface area contributed by atoms with Crippen LogP contribution >= 0.6 is 11.6 Å². The Bertz CT molecular complexity index is 393. The molecule has 1 aromatic rings. The minimum absolute atomic E-state index is 0.0408. The standard InChI is InChI=1S/C15H20ClNO/c1-12(14-5-3-2-4-6-14)15(18)17-10-8-13(11-17)7-9-16/h2-6,12-13H,7-11H2,1H3. The molecular formula is C15H20ClNO. The highest BCUT2D eigenvalue weighted by Gasteiger charge is 2.28. The van der Waals surface area contributed by atoms with Crippen LogP contribution in [0, 0.1) is 5.92 Å². The van der Waals surface area contributed by atoms with Crippen molar-refractivity contribution in [1.82, 2.24) is 4.90 Å². The summed E-state index contributed by atoms with van der Waals surface area (Å²) in [5, 5.41) is 0. The molecule has 0 N–H and O–H groups in total. The largest absolute Gasteiger partial charge is 0.342 e. The molecule has 18 heavy (non-hydrogen) atoms. The summed E-state index contributed by atoms with van der Waals surface area (Å²) in [7, 11) is 0. The number of carbonyl (C=O) groups excluding carboxylic acids is 1. The maximum absolute atomic E-state index is 12.4. The summed E-state index contributed by atoms with van der Waals surface area (Å²) >= 11 is 5.76. The van der Waals surface area contributed by atoms with Gasteiger partial charge in [0.25, 0.3) is 0 Å². The Morgan fingerprint density at radius 1 is 1.44 bits per heavy atom. The van der Waals surface area contributed by atoms with Gasteiger partial charge in [0.1, 0.15) is 0 Å². The zero-order chi connectivity index (χ0) is 13.0. The van der Waals surface area contributed by atoms with Crippen LogP contribution in [-0.4, -0.2) is 29.8 Å². The van der Waals surface area contributed by atoms with Crippen molar-refractivity contribution in [2.45, 2.75) is 25.7 Å². The Kier molecular flexibility index (Phi) is 4.65. The maximum Gasteiger partial charge on any atom is 0.229 e. The van der Waals surface area contributed by atoms with E-state index in [1.807, 2.05) is 42.2 Å². The molecule has 2 rings (SSSR count). The first-order chi connectivity index (χ1) is 8.72. The molecule has 0 saturated carbocycles. The normalized spacial score (nSPS) is 21.0. The number of carbonyl (C=O) groups is 1. The zero-order valence-corrected chi connectivity index (χ0v) is 11.6. The highest BCUT2D eigenvalue weighted by atomic mass is 35.5. The van der Waals surface area contributed by atoms with Gasteiger partial charge in [-0.25, -0.2) is 0 Å². The van der Waals surface area contributed by atoms with E-state index >= 15 is 0 Å². The summed E-state index contributed by atoms with van der Waals surface area (Å²) < 4.78 is 0. The molecule has 1 fully saturated rings. The van der Waals surface area contributed by atoms with E-state index in [0.29, 0.717) is 11.8 Å². The van der Waals surface area contributed by atoms with Gasteiger partial charge in [-0.2, -0.15) is 0 Å². The van der Waals surface area contributed by atoms with E-state index in [1.165, 1.54) is 0 Å². The molecule has 0 aromatic heterocycles. The zero-order valence-electron chi connectivity index (χ0n) is 10.8. The highest BCUT2D eigenvalue weighted by Crippen LogP contribution is 2.25. The van der Waals surface area contributed by atoms with E-state index in [1.54, 1.807) is 0 Å².